The van der Waals surface area contributed by atoms with Crippen LogP contribution in [0.2, 0.25) is 5.02 Å². The minimum Gasteiger partial charge on any atom is -0.494 e. The van der Waals surface area contributed by atoms with Crippen LogP contribution in [-0.4, -0.2) is 81.1 Å². The van der Waals surface area contributed by atoms with Crippen molar-refractivity contribution in [3.05, 3.63) is 63.7 Å². The summed E-state index contributed by atoms with van der Waals surface area (Å²) in [4.78, 5) is 25.7. The second-order valence-corrected chi connectivity index (χ2v) is 11.3. The van der Waals surface area contributed by atoms with E-state index in [2.05, 4.69) is 32.2 Å². The van der Waals surface area contributed by atoms with Gasteiger partial charge < -0.3 is 44.4 Å². The summed E-state index contributed by atoms with van der Waals surface area (Å²) in [7, 11) is 3.27. The Bertz CT molecular complexity index is 1900. The van der Waals surface area contributed by atoms with Gasteiger partial charge in [0.15, 0.2) is 29.0 Å². The molecule has 14 heteroatoms. The topological polar surface area (TPSA) is 141 Å². The van der Waals surface area contributed by atoms with Crippen LogP contribution in [0.5, 0.6) is 17.4 Å². The molecule has 0 spiro atoms. The number of ether oxygens (including phenoxy) is 2. The molecule has 3 aromatic heterocycles. The number of pyridine rings is 1. The highest BCUT2D eigenvalue weighted by atomic mass is 35.5. The molecule has 232 valence electrons. The molecule has 0 saturated carbocycles. The number of halogens is 3. The standard InChI is InChI=1S/C30H31ClF2N6O5/c1-38-7-4-16(5-8-38)39-13-15-9-21-22(10-18(15)30(39)42)37-28(36-21)24-20(3-6-34-29(24)41)35-12-17(40)14-44-27-19(32)11-23(43-2)26(33)25(27)31/h3,6,9-11,13,16-17,40,42H,4-5,7-8,12,14H2,1-2H3,(H,36,37)(H2,34,35,41). The van der Waals surface area contributed by atoms with Gasteiger partial charge in [0.2, 0.25) is 0 Å². The summed E-state index contributed by atoms with van der Waals surface area (Å²) < 4.78 is 40.5. The SMILES string of the molecule is COc1cc(F)c(OCC(O)CNc2cc[nH]c(=O)c2-c2nc3cc4c(O)n(C5CCN(C)CC5)cc4cc3[nH]2)c(Cl)c1F. The first-order valence-corrected chi connectivity index (χ1v) is 14.4. The van der Waals surface area contributed by atoms with Crippen molar-refractivity contribution in [1.29, 1.82) is 0 Å². The molecular formula is C30H31ClF2N6O5. The summed E-state index contributed by atoms with van der Waals surface area (Å²) in [6.07, 6.45) is 4.10. The fourth-order valence-electron chi connectivity index (χ4n) is 5.56. The van der Waals surface area contributed by atoms with Crippen molar-refractivity contribution in [1.82, 2.24) is 24.4 Å². The maximum absolute atomic E-state index is 14.3. The number of hydrogen-bond acceptors (Lipinski definition) is 8. The normalized spacial score (nSPS) is 15.2. The second kappa shape index (κ2) is 12.0. The number of aromatic hydroxyl groups is 1. The Morgan fingerprint density at radius 3 is 2.77 bits per heavy atom. The Kier molecular flexibility index (Phi) is 8.10. The molecule has 0 radical (unpaired) electrons. The maximum atomic E-state index is 14.3. The molecule has 4 heterocycles. The number of aliphatic hydroxyl groups excluding tert-OH is 1. The minimum absolute atomic E-state index is 0.104. The van der Waals surface area contributed by atoms with E-state index in [9.17, 15) is 23.8 Å². The smallest absolute Gasteiger partial charge is 0.261 e. The van der Waals surface area contributed by atoms with Gasteiger partial charge in [0, 0.05) is 41.8 Å². The average Bonchev–Trinajstić information content (AvgIpc) is 3.56. The number of piperidine rings is 1. The monoisotopic (exact) mass is 628 g/mol. The van der Waals surface area contributed by atoms with Gasteiger partial charge in [-0.2, -0.15) is 0 Å². The Balaban J connectivity index is 1.20. The minimum atomic E-state index is -1.19. The van der Waals surface area contributed by atoms with Crippen molar-refractivity contribution in [2.45, 2.75) is 25.0 Å². The highest BCUT2D eigenvalue weighted by molar-refractivity contribution is 6.32. The number of rotatable bonds is 9. The first kappa shape index (κ1) is 29.7. The van der Waals surface area contributed by atoms with Crippen molar-refractivity contribution in [2.75, 3.05) is 45.7 Å². The van der Waals surface area contributed by atoms with Gasteiger partial charge in [-0.3, -0.25) is 4.79 Å². The molecule has 5 aromatic rings. The van der Waals surface area contributed by atoms with Crippen LogP contribution in [0.4, 0.5) is 14.5 Å². The van der Waals surface area contributed by atoms with Gasteiger partial charge in [0.1, 0.15) is 29.1 Å². The molecule has 0 amide bonds. The van der Waals surface area contributed by atoms with Gasteiger partial charge in [-0.05, 0) is 51.2 Å². The van der Waals surface area contributed by atoms with Crippen LogP contribution in [0.1, 0.15) is 18.9 Å². The van der Waals surface area contributed by atoms with Gasteiger partial charge in [-0.1, -0.05) is 11.6 Å². The summed E-state index contributed by atoms with van der Waals surface area (Å²) in [6, 6.07) is 6.31. The zero-order valence-corrected chi connectivity index (χ0v) is 24.7. The molecule has 1 saturated heterocycles. The highest BCUT2D eigenvalue weighted by Crippen LogP contribution is 2.38. The van der Waals surface area contributed by atoms with Crippen molar-refractivity contribution < 1.29 is 28.5 Å². The number of anilines is 1. The van der Waals surface area contributed by atoms with Crippen LogP contribution in [0.3, 0.4) is 0 Å². The van der Waals surface area contributed by atoms with Crippen LogP contribution in [0, 0.1) is 11.6 Å². The number of nitrogens with zero attached hydrogens (tertiary/aromatic N) is 3. The number of H-pyrrole nitrogens is 2. The molecule has 1 aliphatic heterocycles. The lowest BCUT2D eigenvalue weighted by atomic mass is 10.1. The summed E-state index contributed by atoms with van der Waals surface area (Å²) in [5.74, 6) is -2.38. The van der Waals surface area contributed by atoms with E-state index in [1.165, 1.54) is 13.3 Å². The zero-order valence-electron chi connectivity index (χ0n) is 24.0. The number of likely N-dealkylation sites (tertiary alicyclic amines) is 1. The Hall–Kier alpha value is -4.33. The lowest BCUT2D eigenvalue weighted by Crippen LogP contribution is -2.31. The number of aromatic nitrogens is 4. The molecule has 0 bridgehead atoms. The first-order valence-electron chi connectivity index (χ1n) is 14.0. The Morgan fingerprint density at radius 1 is 1.25 bits per heavy atom. The molecule has 44 heavy (non-hydrogen) atoms. The molecule has 1 unspecified atom stereocenters. The van der Waals surface area contributed by atoms with Gasteiger partial charge in [-0.15, -0.1) is 0 Å². The molecule has 5 N–H and O–H groups in total. The van der Waals surface area contributed by atoms with Crippen molar-refractivity contribution in [2.24, 2.45) is 0 Å². The zero-order chi connectivity index (χ0) is 31.1. The van der Waals surface area contributed by atoms with E-state index in [-0.39, 0.29) is 35.6 Å². The molecular weight excluding hydrogens is 598 g/mol. The van der Waals surface area contributed by atoms with E-state index < -0.39 is 40.7 Å². The molecule has 0 aliphatic carbocycles. The van der Waals surface area contributed by atoms with Crippen molar-refractivity contribution in [3.8, 4) is 28.8 Å². The number of aromatic amines is 2. The molecule has 1 fully saturated rings. The summed E-state index contributed by atoms with van der Waals surface area (Å²) >= 11 is 5.88. The van der Waals surface area contributed by atoms with E-state index in [1.54, 1.807) is 12.1 Å². The van der Waals surface area contributed by atoms with Crippen LogP contribution in [0.25, 0.3) is 33.2 Å². The van der Waals surface area contributed by atoms with Crippen LogP contribution < -0.4 is 20.3 Å². The van der Waals surface area contributed by atoms with E-state index in [0.29, 0.717) is 22.1 Å². The Morgan fingerprint density at radius 2 is 2.02 bits per heavy atom. The quantitative estimate of drug-likeness (QED) is 0.149. The lowest BCUT2D eigenvalue weighted by molar-refractivity contribution is 0.115. The third-order valence-corrected chi connectivity index (χ3v) is 8.28. The third kappa shape index (κ3) is 5.53. The lowest BCUT2D eigenvalue weighted by Gasteiger charge is -2.30. The van der Waals surface area contributed by atoms with Gasteiger partial charge >= 0.3 is 0 Å². The van der Waals surface area contributed by atoms with Crippen LogP contribution >= 0.6 is 11.6 Å². The number of hydrogen-bond donors (Lipinski definition) is 5. The average molecular weight is 629 g/mol. The molecule has 2 aromatic carbocycles. The number of benzene rings is 2. The van der Waals surface area contributed by atoms with E-state index in [0.717, 1.165) is 37.4 Å². The van der Waals surface area contributed by atoms with E-state index >= 15 is 0 Å². The maximum Gasteiger partial charge on any atom is 0.261 e. The predicted octanol–water partition coefficient (Wildman–Crippen LogP) is 4.64. The Labute approximate surface area is 255 Å². The van der Waals surface area contributed by atoms with Crippen LogP contribution in [-0.2, 0) is 0 Å². The summed E-state index contributed by atoms with van der Waals surface area (Å²) in [6.45, 7) is 1.40. The third-order valence-electron chi connectivity index (χ3n) is 7.95. The fraction of sp³-hybridized carbons (Fsp3) is 0.333. The van der Waals surface area contributed by atoms with Crippen LogP contribution in [0.15, 0.2) is 41.5 Å². The number of fused-ring (bicyclic) bond motifs is 2. The van der Waals surface area contributed by atoms with Gasteiger partial charge in [0.25, 0.3) is 5.56 Å². The van der Waals surface area contributed by atoms with E-state index in [1.807, 2.05) is 16.8 Å². The number of aliphatic hydroxyl groups is 1. The van der Waals surface area contributed by atoms with Gasteiger partial charge in [0.05, 0.1) is 23.8 Å². The summed E-state index contributed by atoms with van der Waals surface area (Å²) in [5.41, 5.74) is 1.39. The summed E-state index contributed by atoms with van der Waals surface area (Å²) in [5, 5.41) is 25.5. The van der Waals surface area contributed by atoms with Gasteiger partial charge in [-0.25, -0.2) is 13.8 Å². The fourth-order valence-corrected chi connectivity index (χ4v) is 5.80. The predicted molar refractivity (Wildman–Crippen MR) is 163 cm³/mol. The van der Waals surface area contributed by atoms with Crippen molar-refractivity contribution >= 4 is 39.1 Å². The molecule has 1 atom stereocenters. The first-order chi connectivity index (χ1) is 21.1. The molecule has 11 nitrogen and oxygen atoms in total. The number of nitrogens with one attached hydrogen (secondary N) is 3. The largest absolute Gasteiger partial charge is 0.494 e. The number of methoxy groups -OCH3 is 1. The molecule has 6 rings (SSSR count). The second-order valence-electron chi connectivity index (χ2n) is 10.9. The molecule has 1 aliphatic rings. The van der Waals surface area contributed by atoms with E-state index in [4.69, 9.17) is 21.1 Å². The number of imidazole rings is 1. The van der Waals surface area contributed by atoms with Crippen molar-refractivity contribution in [3.63, 3.8) is 0 Å². The highest BCUT2D eigenvalue weighted by Gasteiger charge is 2.24.